The van der Waals surface area contributed by atoms with Gasteiger partial charge in [0.05, 0.1) is 5.56 Å². The first-order valence-electron chi connectivity index (χ1n) is 3.77. The topological polar surface area (TPSA) is 83.8 Å². The number of carbonyl (C=O) groups is 2. The second kappa shape index (κ2) is 4.27. The van der Waals surface area contributed by atoms with E-state index >= 15 is 0 Å². The normalized spacial score (nSPS) is 9.43. The van der Waals surface area contributed by atoms with E-state index in [1.165, 1.54) is 18.2 Å². The van der Waals surface area contributed by atoms with Gasteiger partial charge in [0.15, 0.2) is 12.9 Å². The van der Waals surface area contributed by atoms with Gasteiger partial charge in [-0.1, -0.05) is 6.07 Å². The molecule has 0 radical (unpaired) electrons. The quantitative estimate of drug-likeness (QED) is 0.691. The Morgan fingerprint density at radius 2 is 2.21 bits per heavy atom. The van der Waals surface area contributed by atoms with Gasteiger partial charge in [0.25, 0.3) is 0 Å². The SMILES string of the molecule is O=Cc1c(O)cccc1OCC(=O)O. The summed E-state index contributed by atoms with van der Waals surface area (Å²) in [5.74, 6) is -1.32. The molecular formula is C9H8O5. The van der Waals surface area contributed by atoms with E-state index in [2.05, 4.69) is 0 Å². The molecule has 0 unspecified atom stereocenters. The molecule has 0 spiro atoms. The van der Waals surface area contributed by atoms with Gasteiger partial charge in [0.1, 0.15) is 11.5 Å². The van der Waals surface area contributed by atoms with Crippen molar-refractivity contribution in [3.63, 3.8) is 0 Å². The highest BCUT2D eigenvalue weighted by Gasteiger charge is 2.08. The molecule has 5 nitrogen and oxygen atoms in total. The highest BCUT2D eigenvalue weighted by atomic mass is 16.5. The van der Waals surface area contributed by atoms with Gasteiger partial charge in [0.2, 0.25) is 0 Å². The van der Waals surface area contributed by atoms with Crippen LogP contribution in [0.4, 0.5) is 0 Å². The largest absolute Gasteiger partial charge is 0.507 e. The lowest BCUT2D eigenvalue weighted by Crippen LogP contribution is -2.10. The number of rotatable bonds is 4. The van der Waals surface area contributed by atoms with Gasteiger partial charge in [-0.05, 0) is 12.1 Å². The van der Waals surface area contributed by atoms with E-state index in [-0.39, 0.29) is 17.1 Å². The maximum absolute atomic E-state index is 10.5. The minimum atomic E-state index is -1.15. The van der Waals surface area contributed by atoms with Crippen molar-refractivity contribution in [2.75, 3.05) is 6.61 Å². The number of hydrogen-bond donors (Lipinski definition) is 2. The van der Waals surface area contributed by atoms with Gasteiger partial charge >= 0.3 is 5.97 Å². The monoisotopic (exact) mass is 196 g/mol. The average Bonchev–Trinajstić information content (AvgIpc) is 2.14. The van der Waals surface area contributed by atoms with Crippen LogP contribution in [-0.2, 0) is 4.79 Å². The summed E-state index contributed by atoms with van der Waals surface area (Å²) in [6.45, 7) is -0.551. The summed E-state index contributed by atoms with van der Waals surface area (Å²) in [7, 11) is 0. The molecule has 0 saturated heterocycles. The number of phenolic OH excluding ortho intramolecular Hbond substituents is 1. The third-order valence-electron chi connectivity index (χ3n) is 1.51. The number of benzene rings is 1. The van der Waals surface area contributed by atoms with Crippen LogP contribution in [-0.4, -0.2) is 29.1 Å². The zero-order chi connectivity index (χ0) is 10.6. The summed E-state index contributed by atoms with van der Waals surface area (Å²) in [4.78, 5) is 20.7. The van der Waals surface area contributed by atoms with Crippen molar-refractivity contribution in [2.24, 2.45) is 0 Å². The van der Waals surface area contributed by atoms with Gasteiger partial charge < -0.3 is 14.9 Å². The van der Waals surface area contributed by atoms with Gasteiger partial charge in [-0.25, -0.2) is 4.79 Å². The molecule has 0 atom stereocenters. The Morgan fingerprint density at radius 3 is 2.79 bits per heavy atom. The van der Waals surface area contributed by atoms with E-state index in [0.717, 1.165) is 0 Å². The summed E-state index contributed by atoms with van der Waals surface area (Å²) in [5, 5.41) is 17.5. The maximum Gasteiger partial charge on any atom is 0.341 e. The molecule has 0 aromatic heterocycles. The molecule has 2 N–H and O–H groups in total. The molecule has 14 heavy (non-hydrogen) atoms. The molecule has 0 heterocycles. The number of aldehydes is 1. The fourth-order valence-electron chi connectivity index (χ4n) is 0.916. The van der Waals surface area contributed by atoms with Crippen molar-refractivity contribution in [1.29, 1.82) is 0 Å². The summed E-state index contributed by atoms with van der Waals surface area (Å²) < 4.78 is 4.78. The highest BCUT2D eigenvalue weighted by Crippen LogP contribution is 2.25. The summed E-state index contributed by atoms with van der Waals surface area (Å²) >= 11 is 0. The molecule has 0 saturated carbocycles. The van der Waals surface area contributed by atoms with Gasteiger partial charge in [-0.3, -0.25) is 4.79 Å². The molecule has 1 aromatic rings. The maximum atomic E-state index is 10.5. The zero-order valence-electron chi connectivity index (χ0n) is 7.14. The minimum absolute atomic E-state index is 0.0475. The number of aliphatic carboxylic acids is 1. The predicted octanol–water partition coefficient (Wildman–Crippen LogP) is 0.668. The Bertz CT molecular complexity index is 358. The summed E-state index contributed by atoms with van der Waals surface area (Å²) in [6, 6.07) is 4.18. The van der Waals surface area contributed by atoms with Crippen molar-refractivity contribution >= 4 is 12.3 Å². The number of ether oxygens (including phenoxy) is 1. The van der Waals surface area contributed by atoms with E-state index in [0.29, 0.717) is 6.29 Å². The fraction of sp³-hybridized carbons (Fsp3) is 0.111. The standard InChI is InChI=1S/C9H8O5/c10-4-6-7(11)2-1-3-8(6)14-5-9(12)13/h1-4,11H,5H2,(H,12,13). The van der Waals surface area contributed by atoms with Gasteiger partial charge in [-0.15, -0.1) is 0 Å². The second-order valence-corrected chi connectivity index (χ2v) is 2.49. The smallest absolute Gasteiger partial charge is 0.341 e. The van der Waals surface area contributed by atoms with Crippen LogP contribution in [0, 0.1) is 0 Å². The van der Waals surface area contributed by atoms with Crippen LogP contribution in [0.2, 0.25) is 0 Å². The Kier molecular flexibility index (Phi) is 3.06. The van der Waals surface area contributed by atoms with Crippen LogP contribution in [0.3, 0.4) is 0 Å². The number of aromatic hydroxyl groups is 1. The number of phenols is 1. The van der Waals surface area contributed by atoms with Crippen LogP contribution in [0.5, 0.6) is 11.5 Å². The van der Waals surface area contributed by atoms with E-state index in [4.69, 9.17) is 9.84 Å². The van der Waals surface area contributed by atoms with Crippen LogP contribution in [0.25, 0.3) is 0 Å². The van der Waals surface area contributed by atoms with Gasteiger partial charge in [-0.2, -0.15) is 0 Å². The molecule has 0 aliphatic heterocycles. The van der Waals surface area contributed by atoms with Crippen molar-refractivity contribution in [3.8, 4) is 11.5 Å². The first kappa shape index (κ1) is 10.0. The molecule has 0 fully saturated rings. The predicted molar refractivity (Wildman–Crippen MR) is 46.6 cm³/mol. The molecular weight excluding hydrogens is 188 g/mol. The van der Waals surface area contributed by atoms with Crippen molar-refractivity contribution in [1.82, 2.24) is 0 Å². The zero-order valence-corrected chi connectivity index (χ0v) is 7.14. The van der Waals surface area contributed by atoms with Crippen LogP contribution in [0.15, 0.2) is 18.2 Å². The Balaban J connectivity index is 2.90. The Hall–Kier alpha value is -2.04. The van der Waals surface area contributed by atoms with E-state index in [9.17, 15) is 14.7 Å². The second-order valence-electron chi connectivity index (χ2n) is 2.49. The molecule has 0 bridgehead atoms. The first-order valence-corrected chi connectivity index (χ1v) is 3.77. The molecule has 5 heteroatoms. The van der Waals surface area contributed by atoms with Crippen molar-refractivity contribution < 1.29 is 24.5 Å². The van der Waals surface area contributed by atoms with Crippen LogP contribution >= 0.6 is 0 Å². The van der Waals surface area contributed by atoms with Gasteiger partial charge in [0, 0.05) is 0 Å². The van der Waals surface area contributed by atoms with E-state index in [1.807, 2.05) is 0 Å². The van der Waals surface area contributed by atoms with Crippen molar-refractivity contribution in [3.05, 3.63) is 23.8 Å². The number of hydrogen-bond acceptors (Lipinski definition) is 4. The summed E-state index contributed by atoms with van der Waals surface area (Å²) in [5.41, 5.74) is -0.0475. The average molecular weight is 196 g/mol. The lowest BCUT2D eigenvalue weighted by molar-refractivity contribution is -0.139. The molecule has 74 valence electrons. The molecule has 0 aliphatic rings. The minimum Gasteiger partial charge on any atom is -0.507 e. The molecule has 0 aliphatic carbocycles. The summed E-state index contributed by atoms with van der Waals surface area (Å²) in [6.07, 6.45) is 0.409. The Labute approximate surface area is 79.6 Å². The number of carboxylic acid groups (broad SMARTS) is 1. The van der Waals surface area contributed by atoms with Crippen molar-refractivity contribution in [2.45, 2.75) is 0 Å². The molecule has 1 rings (SSSR count). The Morgan fingerprint density at radius 1 is 1.50 bits per heavy atom. The molecule has 0 amide bonds. The third-order valence-corrected chi connectivity index (χ3v) is 1.51. The third kappa shape index (κ3) is 2.22. The fourth-order valence-corrected chi connectivity index (χ4v) is 0.916. The highest BCUT2D eigenvalue weighted by molar-refractivity contribution is 5.83. The van der Waals surface area contributed by atoms with Crippen LogP contribution in [0.1, 0.15) is 10.4 Å². The lowest BCUT2D eigenvalue weighted by atomic mass is 10.2. The lowest BCUT2D eigenvalue weighted by Gasteiger charge is -2.06. The first-order chi connectivity index (χ1) is 6.65. The van der Waals surface area contributed by atoms with Crippen LogP contribution < -0.4 is 4.74 Å². The number of carbonyl (C=O) groups excluding carboxylic acids is 1. The molecule has 1 aromatic carbocycles. The van der Waals surface area contributed by atoms with E-state index in [1.54, 1.807) is 0 Å². The number of carboxylic acids is 1. The van der Waals surface area contributed by atoms with E-state index < -0.39 is 12.6 Å².